The molecule has 1 heterocycles. The zero-order valence-electron chi connectivity index (χ0n) is 11.4. The first kappa shape index (κ1) is 13.6. The van der Waals surface area contributed by atoms with Crippen LogP contribution in [0.5, 0.6) is 0 Å². The molecule has 1 atom stereocenters. The van der Waals surface area contributed by atoms with Crippen LogP contribution in [-0.4, -0.2) is 26.9 Å². The Morgan fingerprint density at radius 1 is 1.39 bits per heavy atom. The summed E-state index contributed by atoms with van der Waals surface area (Å²) < 4.78 is 7.95. The Bertz CT molecular complexity index is 364. The monoisotopic (exact) mass is 252 g/mol. The molecule has 1 N–H and O–H groups in total. The van der Waals surface area contributed by atoms with Gasteiger partial charge in [0.1, 0.15) is 17.5 Å². The maximum Gasteiger partial charge on any atom is 0.141 e. The minimum Gasteiger partial charge on any atom is -0.382 e. The molecular formula is C14H24N2O2. The number of hydrogen-bond acceptors (Lipinski definition) is 3. The Hall–Kier alpha value is -0.870. The second kappa shape index (κ2) is 5.85. The number of imidazole rings is 1. The molecule has 18 heavy (non-hydrogen) atoms. The molecule has 1 aromatic heterocycles. The van der Waals surface area contributed by atoms with E-state index in [0.29, 0.717) is 6.61 Å². The van der Waals surface area contributed by atoms with Crippen LogP contribution in [0.1, 0.15) is 57.9 Å². The molecule has 0 spiro atoms. The highest BCUT2D eigenvalue weighted by Gasteiger charge is 2.42. The van der Waals surface area contributed by atoms with Gasteiger partial charge in [-0.25, -0.2) is 4.98 Å². The van der Waals surface area contributed by atoms with Gasteiger partial charge in [-0.15, -0.1) is 0 Å². The average Bonchev–Trinajstić information content (AvgIpc) is 2.87. The van der Waals surface area contributed by atoms with Gasteiger partial charge >= 0.3 is 0 Å². The topological polar surface area (TPSA) is 47.3 Å². The van der Waals surface area contributed by atoms with Crippen LogP contribution in [0.25, 0.3) is 0 Å². The largest absolute Gasteiger partial charge is 0.382 e. The van der Waals surface area contributed by atoms with Gasteiger partial charge in [0.25, 0.3) is 0 Å². The summed E-state index contributed by atoms with van der Waals surface area (Å²) in [5.74, 6) is 0.743. The molecule has 4 nitrogen and oxygen atoms in total. The van der Waals surface area contributed by atoms with E-state index in [1.165, 1.54) is 6.42 Å². The number of rotatable bonds is 5. The number of aliphatic hydroxyl groups excluding tert-OH is 1. The van der Waals surface area contributed by atoms with Crippen LogP contribution >= 0.6 is 0 Å². The van der Waals surface area contributed by atoms with Crippen molar-refractivity contribution >= 4 is 0 Å². The summed E-state index contributed by atoms with van der Waals surface area (Å²) in [6.07, 6.45) is 8.41. The summed E-state index contributed by atoms with van der Waals surface area (Å²) >= 11 is 0. The molecule has 1 aliphatic rings. The van der Waals surface area contributed by atoms with Gasteiger partial charge in [0, 0.05) is 25.5 Å². The summed E-state index contributed by atoms with van der Waals surface area (Å²) in [6, 6.07) is 0. The van der Waals surface area contributed by atoms with Crippen molar-refractivity contribution in [3.8, 4) is 0 Å². The lowest BCUT2D eigenvalue weighted by atomic mass is 9.80. The SMILES string of the molecule is CCOC1(C(O)c2nccn2CC)CCCCC1. The van der Waals surface area contributed by atoms with Gasteiger partial charge in [-0.05, 0) is 26.7 Å². The van der Waals surface area contributed by atoms with Crippen LogP contribution in [0.4, 0.5) is 0 Å². The number of hydrogen-bond donors (Lipinski definition) is 1. The molecule has 1 unspecified atom stereocenters. The Morgan fingerprint density at radius 2 is 2.11 bits per heavy atom. The highest BCUT2D eigenvalue weighted by atomic mass is 16.5. The molecule has 102 valence electrons. The van der Waals surface area contributed by atoms with E-state index in [4.69, 9.17) is 4.74 Å². The number of aromatic nitrogens is 2. The van der Waals surface area contributed by atoms with Crippen LogP contribution < -0.4 is 0 Å². The second-order valence-electron chi connectivity index (χ2n) is 5.03. The summed E-state index contributed by atoms with van der Waals surface area (Å²) in [5, 5.41) is 10.7. The van der Waals surface area contributed by atoms with E-state index in [0.717, 1.165) is 38.1 Å². The minimum absolute atomic E-state index is 0.425. The van der Waals surface area contributed by atoms with Crippen LogP contribution in [-0.2, 0) is 11.3 Å². The van der Waals surface area contributed by atoms with E-state index in [9.17, 15) is 5.11 Å². The maximum atomic E-state index is 10.7. The van der Waals surface area contributed by atoms with Gasteiger partial charge in [-0.3, -0.25) is 0 Å². The van der Waals surface area contributed by atoms with Gasteiger partial charge in [-0.1, -0.05) is 19.3 Å². The van der Waals surface area contributed by atoms with Crippen LogP contribution in [0, 0.1) is 0 Å². The normalized spacial score (nSPS) is 20.8. The molecule has 1 aliphatic carbocycles. The smallest absolute Gasteiger partial charge is 0.141 e. The third kappa shape index (κ3) is 2.45. The molecule has 1 saturated carbocycles. The van der Waals surface area contributed by atoms with Crippen molar-refractivity contribution in [1.29, 1.82) is 0 Å². The first-order valence-corrected chi connectivity index (χ1v) is 7.06. The van der Waals surface area contributed by atoms with Crippen LogP contribution in [0.3, 0.4) is 0 Å². The summed E-state index contributed by atoms with van der Waals surface area (Å²) in [4.78, 5) is 4.32. The predicted octanol–water partition coefficient (Wildman–Crippen LogP) is 2.68. The molecule has 0 bridgehead atoms. The second-order valence-corrected chi connectivity index (χ2v) is 5.03. The van der Waals surface area contributed by atoms with Crippen molar-refractivity contribution in [2.24, 2.45) is 0 Å². The van der Waals surface area contributed by atoms with Gasteiger partial charge < -0.3 is 14.4 Å². The lowest BCUT2D eigenvalue weighted by Gasteiger charge is -2.40. The van der Waals surface area contributed by atoms with Crippen molar-refractivity contribution in [2.75, 3.05) is 6.61 Å². The molecular weight excluding hydrogens is 228 g/mol. The Balaban J connectivity index is 2.24. The number of nitrogens with zero attached hydrogens (tertiary/aromatic N) is 2. The van der Waals surface area contributed by atoms with Crippen molar-refractivity contribution in [2.45, 2.75) is 64.2 Å². The highest BCUT2D eigenvalue weighted by Crippen LogP contribution is 2.41. The van der Waals surface area contributed by atoms with Crippen molar-refractivity contribution in [1.82, 2.24) is 9.55 Å². The fourth-order valence-corrected chi connectivity index (χ4v) is 3.01. The van der Waals surface area contributed by atoms with Crippen molar-refractivity contribution < 1.29 is 9.84 Å². The quantitative estimate of drug-likeness (QED) is 0.876. The fraction of sp³-hybridized carbons (Fsp3) is 0.786. The van der Waals surface area contributed by atoms with Crippen molar-refractivity contribution in [3.05, 3.63) is 18.2 Å². The molecule has 1 aromatic rings. The third-order valence-corrected chi connectivity index (χ3v) is 3.96. The zero-order valence-corrected chi connectivity index (χ0v) is 11.4. The molecule has 4 heteroatoms. The average molecular weight is 252 g/mol. The number of aliphatic hydroxyl groups is 1. The molecule has 0 radical (unpaired) electrons. The number of aryl methyl sites for hydroxylation is 1. The van der Waals surface area contributed by atoms with E-state index >= 15 is 0 Å². The van der Waals surface area contributed by atoms with Gasteiger partial charge in [0.05, 0.1) is 0 Å². The fourth-order valence-electron chi connectivity index (χ4n) is 3.01. The third-order valence-electron chi connectivity index (χ3n) is 3.96. The number of ether oxygens (including phenoxy) is 1. The maximum absolute atomic E-state index is 10.7. The van der Waals surface area contributed by atoms with Crippen LogP contribution in [0.15, 0.2) is 12.4 Å². The first-order chi connectivity index (χ1) is 8.73. The lowest BCUT2D eigenvalue weighted by Crippen LogP contribution is -2.42. The zero-order chi connectivity index (χ0) is 13.0. The first-order valence-electron chi connectivity index (χ1n) is 7.06. The molecule has 0 aliphatic heterocycles. The molecule has 0 saturated heterocycles. The summed E-state index contributed by atoms with van der Waals surface area (Å²) in [7, 11) is 0. The minimum atomic E-state index is -0.618. The van der Waals surface area contributed by atoms with E-state index in [1.807, 2.05) is 17.7 Å². The molecule has 0 aromatic carbocycles. The highest BCUT2D eigenvalue weighted by molar-refractivity contribution is 5.05. The van der Waals surface area contributed by atoms with Gasteiger partial charge in [0.15, 0.2) is 0 Å². The Kier molecular flexibility index (Phi) is 4.40. The van der Waals surface area contributed by atoms with E-state index < -0.39 is 11.7 Å². The molecule has 2 rings (SSSR count). The standard InChI is InChI=1S/C14H24N2O2/c1-3-16-11-10-15-13(16)12(17)14(18-4-2)8-6-5-7-9-14/h10-12,17H,3-9H2,1-2H3. The lowest BCUT2D eigenvalue weighted by molar-refractivity contribution is -0.145. The van der Waals surface area contributed by atoms with E-state index in [-0.39, 0.29) is 0 Å². The van der Waals surface area contributed by atoms with Gasteiger partial charge in [0.2, 0.25) is 0 Å². The summed E-state index contributed by atoms with van der Waals surface area (Å²) in [6.45, 7) is 5.53. The van der Waals surface area contributed by atoms with Crippen LogP contribution in [0.2, 0.25) is 0 Å². The Morgan fingerprint density at radius 3 is 2.72 bits per heavy atom. The predicted molar refractivity (Wildman–Crippen MR) is 70.3 cm³/mol. The van der Waals surface area contributed by atoms with E-state index in [2.05, 4.69) is 11.9 Å². The van der Waals surface area contributed by atoms with E-state index in [1.54, 1.807) is 6.20 Å². The summed E-state index contributed by atoms with van der Waals surface area (Å²) in [5.41, 5.74) is -0.425. The molecule has 1 fully saturated rings. The molecule has 0 amide bonds. The van der Waals surface area contributed by atoms with Crippen molar-refractivity contribution in [3.63, 3.8) is 0 Å². The van der Waals surface area contributed by atoms with Gasteiger partial charge in [-0.2, -0.15) is 0 Å². The Labute approximate surface area is 109 Å².